The van der Waals surface area contributed by atoms with E-state index in [-0.39, 0.29) is 17.7 Å². The topological polar surface area (TPSA) is 55.8 Å². The Labute approximate surface area is 172 Å². The highest BCUT2D eigenvalue weighted by Crippen LogP contribution is 2.35. The maximum absolute atomic E-state index is 13.0. The molecule has 1 heterocycles. The summed E-state index contributed by atoms with van der Waals surface area (Å²) in [7, 11) is 0. The first kappa shape index (κ1) is 24.8. The van der Waals surface area contributed by atoms with E-state index in [0.717, 1.165) is 44.9 Å². The molecule has 0 aromatic carbocycles. The Kier molecular flexibility index (Phi) is 9.29. The van der Waals surface area contributed by atoms with Crippen molar-refractivity contribution in [2.75, 3.05) is 13.1 Å². The number of nitrogens with zero attached hydrogens (tertiary/aromatic N) is 1. The van der Waals surface area contributed by atoms with Gasteiger partial charge in [0.1, 0.15) is 11.2 Å². The SMILES string of the molecule is CCCC(CCC)(CCC)OC(=O)N1CCC(CC)(OC(=O)C(C)(C)CC)C1. The minimum atomic E-state index is -0.592. The highest BCUT2D eigenvalue weighted by Gasteiger charge is 2.45. The van der Waals surface area contributed by atoms with Crippen molar-refractivity contribution in [3.63, 3.8) is 0 Å². The number of amides is 1. The summed E-state index contributed by atoms with van der Waals surface area (Å²) in [5, 5.41) is 0. The molecule has 0 spiro atoms. The second kappa shape index (κ2) is 10.5. The largest absolute Gasteiger partial charge is 0.457 e. The number of ether oxygens (including phenoxy) is 2. The number of carbonyl (C=O) groups excluding carboxylic acids is 2. The summed E-state index contributed by atoms with van der Waals surface area (Å²) in [5.41, 5.74) is -1.46. The van der Waals surface area contributed by atoms with Crippen molar-refractivity contribution < 1.29 is 19.1 Å². The molecule has 0 aromatic rings. The quantitative estimate of drug-likeness (QED) is 0.395. The molecule has 1 fully saturated rings. The van der Waals surface area contributed by atoms with E-state index >= 15 is 0 Å². The summed E-state index contributed by atoms with van der Waals surface area (Å²) in [6.07, 6.45) is 7.52. The number of likely N-dealkylation sites (tertiary alicyclic amines) is 1. The number of carbonyl (C=O) groups is 2. The molecule has 0 radical (unpaired) electrons. The van der Waals surface area contributed by atoms with Crippen LogP contribution in [0.25, 0.3) is 0 Å². The Hall–Kier alpha value is -1.26. The van der Waals surface area contributed by atoms with Gasteiger partial charge in [-0.1, -0.05) is 53.9 Å². The molecule has 0 aromatic heterocycles. The highest BCUT2D eigenvalue weighted by atomic mass is 16.6. The average Bonchev–Trinajstić information content (AvgIpc) is 3.07. The van der Waals surface area contributed by atoms with Crippen molar-refractivity contribution in [3.05, 3.63) is 0 Å². The fourth-order valence-electron chi connectivity index (χ4n) is 4.07. The van der Waals surface area contributed by atoms with E-state index in [1.165, 1.54) is 0 Å². The zero-order valence-electron chi connectivity index (χ0n) is 19.4. The van der Waals surface area contributed by atoms with Crippen molar-refractivity contribution >= 4 is 12.1 Å². The Morgan fingerprint density at radius 2 is 1.50 bits per heavy atom. The van der Waals surface area contributed by atoms with E-state index in [2.05, 4.69) is 20.8 Å². The van der Waals surface area contributed by atoms with Crippen LogP contribution in [0, 0.1) is 5.41 Å². The fourth-order valence-corrected chi connectivity index (χ4v) is 4.07. The molecule has 5 heteroatoms. The molecular weight excluding hydrogens is 354 g/mol. The molecule has 1 rings (SSSR count). The smallest absolute Gasteiger partial charge is 0.410 e. The third-order valence-corrected chi connectivity index (χ3v) is 6.39. The van der Waals surface area contributed by atoms with Gasteiger partial charge in [-0.2, -0.15) is 0 Å². The van der Waals surface area contributed by atoms with Gasteiger partial charge in [-0.15, -0.1) is 0 Å². The van der Waals surface area contributed by atoms with Crippen LogP contribution in [0.15, 0.2) is 0 Å². The molecule has 0 saturated carbocycles. The average molecular weight is 398 g/mol. The molecule has 1 aliphatic heterocycles. The molecular formula is C23H43NO4. The molecule has 0 N–H and O–H groups in total. The van der Waals surface area contributed by atoms with Crippen molar-refractivity contribution in [3.8, 4) is 0 Å². The summed E-state index contributed by atoms with van der Waals surface area (Å²) < 4.78 is 12.1. The molecule has 5 nitrogen and oxygen atoms in total. The van der Waals surface area contributed by atoms with Crippen molar-refractivity contribution in [1.82, 2.24) is 4.90 Å². The van der Waals surface area contributed by atoms with Crippen molar-refractivity contribution in [2.45, 2.75) is 117 Å². The zero-order valence-corrected chi connectivity index (χ0v) is 19.4. The van der Waals surface area contributed by atoms with Crippen LogP contribution in [-0.4, -0.2) is 41.3 Å². The van der Waals surface area contributed by atoms with Crippen LogP contribution in [-0.2, 0) is 14.3 Å². The van der Waals surface area contributed by atoms with Gasteiger partial charge in [-0.25, -0.2) is 4.79 Å². The first-order valence-electron chi connectivity index (χ1n) is 11.3. The molecule has 0 bridgehead atoms. The predicted molar refractivity (Wildman–Crippen MR) is 113 cm³/mol. The second-order valence-corrected chi connectivity index (χ2v) is 9.14. The Balaban J connectivity index is 2.86. The van der Waals surface area contributed by atoms with E-state index in [9.17, 15) is 9.59 Å². The van der Waals surface area contributed by atoms with Crippen LogP contribution in [0.1, 0.15) is 106 Å². The maximum Gasteiger partial charge on any atom is 0.410 e. The summed E-state index contributed by atoms with van der Waals surface area (Å²) >= 11 is 0. The number of hydrogen-bond donors (Lipinski definition) is 0. The zero-order chi connectivity index (χ0) is 21.4. The van der Waals surface area contributed by atoms with Gasteiger partial charge in [0.05, 0.1) is 12.0 Å². The first-order valence-corrected chi connectivity index (χ1v) is 11.3. The van der Waals surface area contributed by atoms with Gasteiger partial charge in [-0.3, -0.25) is 4.79 Å². The lowest BCUT2D eigenvalue weighted by Gasteiger charge is -2.35. The predicted octanol–water partition coefficient (Wildman–Crippen LogP) is 6.10. The molecule has 1 amide bonds. The van der Waals surface area contributed by atoms with Gasteiger partial charge >= 0.3 is 12.1 Å². The lowest BCUT2D eigenvalue weighted by molar-refractivity contribution is -0.170. The lowest BCUT2D eigenvalue weighted by Crippen LogP contribution is -2.44. The molecule has 1 saturated heterocycles. The fraction of sp³-hybridized carbons (Fsp3) is 0.913. The number of esters is 1. The van der Waals surface area contributed by atoms with E-state index in [0.29, 0.717) is 25.9 Å². The summed E-state index contributed by atoms with van der Waals surface area (Å²) in [6, 6.07) is 0. The monoisotopic (exact) mass is 397 g/mol. The third-order valence-electron chi connectivity index (χ3n) is 6.39. The van der Waals surface area contributed by atoms with Gasteiger partial charge in [-0.05, 0) is 46.0 Å². The van der Waals surface area contributed by atoms with Gasteiger partial charge in [0.2, 0.25) is 0 Å². The van der Waals surface area contributed by atoms with Crippen LogP contribution in [0.4, 0.5) is 4.79 Å². The van der Waals surface area contributed by atoms with E-state index in [1.807, 2.05) is 27.7 Å². The van der Waals surface area contributed by atoms with Gasteiger partial charge in [0.25, 0.3) is 0 Å². The standard InChI is InChI=1S/C23H43NO4/c1-8-13-23(14-9-2,15-10-3)28-20(26)24-17-16-22(12-5,18-24)27-19(25)21(6,7)11-4/h8-18H2,1-7H3. The minimum absolute atomic E-state index is 0.177. The summed E-state index contributed by atoms with van der Waals surface area (Å²) in [6.45, 7) is 15.3. The minimum Gasteiger partial charge on any atom is -0.457 e. The van der Waals surface area contributed by atoms with Gasteiger partial charge in [0.15, 0.2) is 0 Å². The van der Waals surface area contributed by atoms with Gasteiger partial charge < -0.3 is 14.4 Å². The van der Waals surface area contributed by atoms with E-state index in [4.69, 9.17) is 9.47 Å². The normalized spacial score (nSPS) is 20.3. The number of hydrogen-bond acceptors (Lipinski definition) is 4. The molecule has 1 aliphatic rings. The molecule has 164 valence electrons. The van der Waals surface area contributed by atoms with Crippen LogP contribution in [0.3, 0.4) is 0 Å². The van der Waals surface area contributed by atoms with Crippen molar-refractivity contribution in [1.29, 1.82) is 0 Å². The molecule has 1 unspecified atom stereocenters. The highest BCUT2D eigenvalue weighted by molar-refractivity contribution is 5.76. The second-order valence-electron chi connectivity index (χ2n) is 9.14. The lowest BCUT2D eigenvalue weighted by atomic mass is 9.88. The van der Waals surface area contributed by atoms with Crippen LogP contribution >= 0.6 is 0 Å². The maximum atomic E-state index is 13.0. The molecule has 0 aliphatic carbocycles. The number of rotatable bonds is 11. The molecule has 28 heavy (non-hydrogen) atoms. The summed E-state index contributed by atoms with van der Waals surface area (Å²) in [4.78, 5) is 27.4. The van der Waals surface area contributed by atoms with Crippen LogP contribution < -0.4 is 0 Å². The van der Waals surface area contributed by atoms with Crippen LogP contribution in [0.5, 0.6) is 0 Å². The Bertz CT molecular complexity index is 500. The first-order chi connectivity index (χ1) is 13.1. The van der Waals surface area contributed by atoms with Gasteiger partial charge in [0, 0.05) is 13.0 Å². The summed E-state index contributed by atoms with van der Waals surface area (Å²) in [5.74, 6) is -0.177. The van der Waals surface area contributed by atoms with Crippen molar-refractivity contribution in [2.24, 2.45) is 5.41 Å². The Morgan fingerprint density at radius 1 is 0.964 bits per heavy atom. The Morgan fingerprint density at radius 3 is 1.93 bits per heavy atom. The third kappa shape index (κ3) is 6.12. The van der Waals surface area contributed by atoms with E-state index < -0.39 is 11.0 Å². The van der Waals surface area contributed by atoms with E-state index in [1.54, 1.807) is 4.90 Å². The molecule has 1 atom stereocenters. The van der Waals surface area contributed by atoms with Crippen LogP contribution in [0.2, 0.25) is 0 Å².